The molecular formula is C10H11N5S. The van der Waals surface area contributed by atoms with E-state index in [2.05, 4.69) is 25.5 Å². The molecule has 1 aliphatic rings. The van der Waals surface area contributed by atoms with E-state index in [0.717, 1.165) is 22.1 Å². The molecule has 0 saturated heterocycles. The number of hydrogen-bond acceptors (Lipinski definition) is 6. The zero-order valence-corrected chi connectivity index (χ0v) is 9.44. The highest BCUT2D eigenvalue weighted by atomic mass is 32.1. The van der Waals surface area contributed by atoms with Crippen LogP contribution in [0.3, 0.4) is 0 Å². The van der Waals surface area contributed by atoms with Crippen molar-refractivity contribution < 1.29 is 0 Å². The molecule has 0 atom stereocenters. The van der Waals surface area contributed by atoms with Crippen LogP contribution in [-0.4, -0.2) is 26.2 Å². The lowest BCUT2D eigenvalue weighted by atomic mass is 10.4. The fraction of sp³-hybridized carbons (Fsp3) is 0.400. The van der Waals surface area contributed by atoms with Crippen molar-refractivity contribution in [3.05, 3.63) is 23.7 Å². The maximum atomic E-state index is 4.14. The second-order valence-electron chi connectivity index (χ2n) is 3.78. The van der Waals surface area contributed by atoms with Crippen LogP contribution in [0.25, 0.3) is 10.6 Å². The van der Waals surface area contributed by atoms with E-state index >= 15 is 0 Å². The first-order chi connectivity index (χ1) is 7.92. The van der Waals surface area contributed by atoms with Crippen LogP contribution in [0.15, 0.2) is 18.7 Å². The third-order valence-corrected chi connectivity index (χ3v) is 3.37. The van der Waals surface area contributed by atoms with Crippen molar-refractivity contribution in [3.63, 3.8) is 0 Å². The fourth-order valence-electron chi connectivity index (χ4n) is 1.37. The molecule has 1 aliphatic carbocycles. The number of nitrogens with one attached hydrogen (secondary N) is 1. The number of aromatic nitrogens is 4. The molecule has 0 unspecified atom stereocenters. The molecule has 1 fully saturated rings. The van der Waals surface area contributed by atoms with Gasteiger partial charge in [0.2, 0.25) is 0 Å². The van der Waals surface area contributed by atoms with Crippen molar-refractivity contribution in [2.45, 2.75) is 25.4 Å². The second-order valence-corrected chi connectivity index (χ2v) is 4.85. The summed E-state index contributed by atoms with van der Waals surface area (Å²) in [6, 6.07) is 0.701. The van der Waals surface area contributed by atoms with Crippen LogP contribution < -0.4 is 5.32 Å². The summed E-state index contributed by atoms with van der Waals surface area (Å²) in [6.07, 6.45) is 7.60. The average Bonchev–Trinajstić information content (AvgIpc) is 3.05. The quantitative estimate of drug-likeness (QED) is 0.861. The van der Waals surface area contributed by atoms with Crippen molar-refractivity contribution in [2.75, 3.05) is 0 Å². The van der Waals surface area contributed by atoms with Gasteiger partial charge in [-0.2, -0.15) is 0 Å². The molecule has 3 rings (SSSR count). The lowest BCUT2D eigenvalue weighted by Crippen LogP contribution is -2.14. The van der Waals surface area contributed by atoms with Crippen LogP contribution in [-0.2, 0) is 6.54 Å². The normalized spacial score (nSPS) is 15.2. The van der Waals surface area contributed by atoms with Crippen LogP contribution >= 0.6 is 11.3 Å². The summed E-state index contributed by atoms with van der Waals surface area (Å²) in [6.45, 7) is 0.816. The zero-order valence-electron chi connectivity index (χ0n) is 8.63. The van der Waals surface area contributed by atoms with E-state index in [1.54, 1.807) is 23.7 Å². The highest BCUT2D eigenvalue weighted by molar-refractivity contribution is 7.14. The molecule has 0 spiro atoms. The first-order valence-electron chi connectivity index (χ1n) is 5.23. The van der Waals surface area contributed by atoms with Crippen molar-refractivity contribution >= 4 is 11.3 Å². The SMILES string of the molecule is c1ncc(-c2nnc(CNC3CC3)s2)cn1. The predicted molar refractivity (Wildman–Crippen MR) is 60.8 cm³/mol. The molecule has 1 saturated carbocycles. The molecule has 2 aromatic rings. The lowest BCUT2D eigenvalue weighted by Gasteiger charge is -1.95. The van der Waals surface area contributed by atoms with E-state index < -0.39 is 0 Å². The Morgan fingerprint density at radius 3 is 2.81 bits per heavy atom. The minimum Gasteiger partial charge on any atom is -0.308 e. The van der Waals surface area contributed by atoms with Gasteiger partial charge in [0.15, 0.2) is 5.01 Å². The Morgan fingerprint density at radius 1 is 1.25 bits per heavy atom. The van der Waals surface area contributed by atoms with E-state index in [9.17, 15) is 0 Å². The van der Waals surface area contributed by atoms with Crippen molar-refractivity contribution in [1.29, 1.82) is 0 Å². The molecule has 82 valence electrons. The van der Waals surface area contributed by atoms with Crippen molar-refractivity contribution in [2.24, 2.45) is 0 Å². The number of rotatable bonds is 4. The third kappa shape index (κ3) is 2.23. The maximum Gasteiger partial charge on any atom is 0.150 e. The molecule has 5 nitrogen and oxygen atoms in total. The standard InChI is InChI=1S/C10H11N5S/c1-2-8(1)13-5-9-14-15-10(16-9)7-3-11-6-12-4-7/h3-4,6,8,13H,1-2,5H2. The predicted octanol–water partition coefficient (Wildman–Crippen LogP) is 1.25. The molecule has 16 heavy (non-hydrogen) atoms. The minimum atomic E-state index is 0.701. The summed E-state index contributed by atoms with van der Waals surface area (Å²) in [5, 5.41) is 13.6. The first-order valence-corrected chi connectivity index (χ1v) is 6.04. The van der Waals surface area contributed by atoms with E-state index in [4.69, 9.17) is 0 Å². The Kier molecular flexibility index (Phi) is 2.59. The average molecular weight is 233 g/mol. The minimum absolute atomic E-state index is 0.701. The topological polar surface area (TPSA) is 63.6 Å². The Hall–Kier alpha value is -1.40. The van der Waals surface area contributed by atoms with Crippen LogP contribution in [0.4, 0.5) is 0 Å². The van der Waals surface area contributed by atoms with E-state index in [1.807, 2.05) is 0 Å². The zero-order chi connectivity index (χ0) is 10.8. The molecule has 6 heteroatoms. The van der Waals surface area contributed by atoms with Crippen LogP contribution in [0, 0.1) is 0 Å². The molecule has 0 radical (unpaired) electrons. The highest BCUT2D eigenvalue weighted by Crippen LogP contribution is 2.23. The Bertz CT molecular complexity index is 465. The Balaban J connectivity index is 1.71. The van der Waals surface area contributed by atoms with Gasteiger partial charge in [0.25, 0.3) is 0 Å². The van der Waals surface area contributed by atoms with E-state index in [0.29, 0.717) is 6.04 Å². The molecule has 0 aromatic carbocycles. The van der Waals surface area contributed by atoms with Gasteiger partial charge in [-0.15, -0.1) is 10.2 Å². The van der Waals surface area contributed by atoms with Crippen molar-refractivity contribution in [3.8, 4) is 10.6 Å². The smallest absolute Gasteiger partial charge is 0.150 e. The van der Waals surface area contributed by atoms with Gasteiger partial charge in [-0.25, -0.2) is 9.97 Å². The largest absolute Gasteiger partial charge is 0.308 e. The highest BCUT2D eigenvalue weighted by Gasteiger charge is 2.20. The Labute approximate surface area is 97.0 Å². The van der Waals surface area contributed by atoms with E-state index in [-0.39, 0.29) is 0 Å². The van der Waals surface area contributed by atoms with Gasteiger partial charge in [0.05, 0.1) is 0 Å². The summed E-state index contributed by atoms with van der Waals surface area (Å²) >= 11 is 1.59. The lowest BCUT2D eigenvalue weighted by molar-refractivity contribution is 0.679. The van der Waals surface area contributed by atoms with Gasteiger partial charge in [-0.1, -0.05) is 11.3 Å². The maximum absolute atomic E-state index is 4.14. The van der Waals surface area contributed by atoms with Gasteiger partial charge < -0.3 is 5.32 Å². The summed E-state index contributed by atoms with van der Waals surface area (Å²) in [5.74, 6) is 0. The summed E-state index contributed by atoms with van der Waals surface area (Å²) in [4.78, 5) is 7.93. The first kappa shape index (κ1) is 9.80. The molecule has 0 bridgehead atoms. The Morgan fingerprint density at radius 2 is 2.06 bits per heavy atom. The molecule has 1 N–H and O–H groups in total. The molecule has 0 aliphatic heterocycles. The van der Waals surface area contributed by atoms with Crippen LogP contribution in [0.5, 0.6) is 0 Å². The second kappa shape index (κ2) is 4.23. The molecular weight excluding hydrogens is 222 g/mol. The molecule has 2 aromatic heterocycles. The van der Waals surface area contributed by atoms with Crippen molar-refractivity contribution in [1.82, 2.24) is 25.5 Å². The summed E-state index contributed by atoms with van der Waals surface area (Å²) < 4.78 is 0. The summed E-state index contributed by atoms with van der Waals surface area (Å²) in [7, 11) is 0. The monoisotopic (exact) mass is 233 g/mol. The van der Waals surface area contributed by atoms with Crippen LogP contribution in [0.2, 0.25) is 0 Å². The van der Waals surface area contributed by atoms with Gasteiger partial charge in [-0.05, 0) is 12.8 Å². The van der Waals surface area contributed by atoms with E-state index in [1.165, 1.54) is 19.2 Å². The number of nitrogens with zero attached hydrogens (tertiary/aromatic N) is 4. The van der Waals surface area contributed by atoms with Gasteiger partial charge in [-0.3, -0.25) is 0 Å². The fourth-order valence-corrected chi connectivity index (χ4v) is 2.14. The number of hydrogen-bond donors (Lipinski definition) is 1. The molecule has 2 heterocycles. The third-order valence-electron chi connectivity index (χ3n) is 2.39. The van der Waals surface area contributed by atoms with Crippen LogP contribution in [0.1, 0.15) is 17.8 Å². The van der Waals surface area contributed by atoms with Gasteiger partial charge in [0.1, 0.15) is 11.3 Å². The molecule has 0 amide bonds. The van der Waals surface area contributed by atoms with Gasteiger partial charge >= 0.3 is 0 Å². The summed E-state index contributed by atoms with van der Waals surface area (Å²) in [5.41, 5.74) is 0.928. The van der Waals surface area contributed by atoms with Gasteiger partial charge in [0, 0.05) is 30.5 Å².